The molecule has 0 saturated heterocycles. The molecule has 7 heteroatoms. The number of nitrogens with one attached hydrogen (secondary N) is 2. The zero-order valence-corrected chi connectivity index (χ0v) is 14.1. The van der Waals surface area contributed by atoms with Crippen LogP contribution >= 0.6 is 0 Å². The summed E-state index contributed by atoms with van der Waals surface area (Å²) in [7, 11) is 1.16. The van der Waals surface area contributed by atoms with E-state index in [0.717, 1.165) is 24.8 Å². The van der Waals surface area contributed by atoms with E-state index in [1.165, 1.54) is 0 Å². The Morgan fingerprint density at radius 3 is 2.42 bits per heavy atom. The quantitative estimate of drug-likeness (QED) is 0.745. The van der Waals surface area contributed by atoms with Crippen molar-refractivity contribution < 1.29 is 23.0 Å². The second-order valence-corrected chi connectivity index (χ2v) is 5.24. The summed E-state index contributed by atoms with van der Waals surface area (Å²) >= 11 is 0. The predicted octanol–water partition coefficient (Wildman–Crippen LogP) is 3.35. The van der Waals surface area contributed by atoms with Gasteiger partial charge in [0.15, 0.2) is 17.4 Å². The minimum absolute atomic E-state index is 0.00619. The highest BCUT2D eigenvalue weighted by molar-refractivity contribution is 5.89. The van der Waals surface area contributed by atoms with E-state index in [1.54, 1.807) is 12.1 Å². The molecule has 2 amide bonds. The molecule has 2 aromatic rings. The number of carbonyl (C=O) groups is 1. The lowest BCUT2D eigenvalue weighted by Gasteiger charge is -2.10. The van der Waals surface area contributed by atoms with Crippen molar-refractivity contribution in [3.05, 3.63) is 53.6 Å². The van der Waals surface area contributed by atoms with Crippen molar-refractivity contribution in [1.82, 2.24) is 5.32 Å². The lowest BCUT2D eigenvalue weighted by atomic mass is 10.1. The van der Waals surface area contributed by atoms with Crippen molar-refractivity contribution in [3.63, 3.8) is 0 Å². The standard InChI is InChI=1S/C19H18F2N2O3/c1-3-10-26-15-6-4-13(5-7-15)8-9-22-19(24)23-14-11-16(20)18(25-2)17(21)12-14/h1,4-7,11-12H,8-10H2,2H3,(H2,22,23,24). The van der Waals surface area contributed by atoms with Crippen molar-refractivity contribution in [2.75, 3.05) is 25.6 Å². The third-order valence-corrected chi connectivity index (χ3v) is 3.41. The van der Waals surface area contributed by atoms with E-state index in [4.69, 9.17) is 11.2 Å². The van der Waals surface area contributed by atoms with Crippen LogP contribution < -0.4 is 20.1 Å². The zero-order valence-electron chi connectivity index (χ0n) is 14.1. The SMILES string of the molecule is C#CCOc1ccc(CCNC(=O)Nc2cc(F)c(OC)c(F)c2)cc1. The van der Waals surface area contributed by atoms with Gasteiger partial charge in [-0.1, -0.05) is 18.1 Å². The minimum atomic E-state index is -0.894. The Hall–Kier alpha value is -3.27. The fourth-order valence-corrected chi connectivity index (χ4v) is 2.20. The van der Waals surface area contributed by atoms with E-state index >= 15 is 0 Å². The van der Waals surface area contributed by atoms with Crippen LogP contribution in [0.15, 0.2) is 36.4 Å². The molecule has 0 aliphatic carbocycles. The van der Waals surface area contributed by atoms with Gasteiger partial charge in [-0.15, -0.1) is 6.42 Å². The van der Waals surface area contributed by atoms with Crippen molar-refractivity contribution in [1.29, 1.82) is 0 Å². The van der Waals surface area contributed by atoms with Gasteiger partial charge in [-0.3, -0.25) is 0 Å². The number of methoxy groups -OCH3 is 1. The number of rotatable bonds is 7. The maximum atomic E-state index is 13.6. The van der Waals surface area contributed by atoms with E-state index < -0.39 is 23.4 Å². The Bertz CT molecular complexity index is 778. The van der Waals surface area contributed by atoms with Crippen LogP contribution in [-0.2, 0) is 6.42 Å². The molecule has 0 unspecified atom stereocenters. The lowest BCUT2D eigenvalue weighted by molar-refractivity contribution is 0.252. The number of ether oxygens (including phenoxy) is 2. The first-order chi connectivity index (χ1) is 12.5. The Labute approximate surface area is 150 Å². The average Bonchev–Trinajstić information content (AvgIpc) is 2.61. The predicted molar refractivity (Wildman–Crippen MR) is 94.4 cm³/mol. The second kappa shape index (κ2) is 9.28. The van der Waals surface area contributed by atoms with Gasteiger partial charge in [0.05, 0.1) is 7.11 Å². The summed E-state index contributed by atoms with van der Waals surface area (Å²) in [6, 6.07) is 8.69. The minimum Gasteiger partial charge on any atom is -0.491 e. The highest BCUT2D eigenvalue weighted by Crippen LogP contribution is 2.25. The second-order valence-electron chi connectivity index (χ2n) is 5.24. The van der Waals surface area contributed by atoms with E-state index in [2.05, 4.69) is 21.3 Å². The highest BCUT2D eigenvalue weighted by Gasteiger charge is 2.12. The van der Waals surface area contributed by atoms with Crippen LogP contribution in [0, 0.1) is 24.0 Å². The summed E-state index contributed by atoms with van der Waals surface area (Å²) < 4.78 is 37.0. The molecule has 0 aromatic heterocycles. The number of hydrogen-bond donors (Lipinski definition) is 2. The van der Waals surface area contributed by atoms with Crippen molar-refractivity contribution >= 4 is 11.7 Å². The Morgan fingerprint density at radius 1 is 1.19 bits per heavy atom. The van der Waals surface area contributed by atoms with E-state index in [1.807, 2.05) is 12.1 Å². The van der Waals surface area contributed by atoms with Crippen molar-refractivity contribution in [3.8, 4) is 23.8 Å². The van der Waals surface area contributed by atoms with Gasteiger partial charge in [0.25, 0.3) is 0 Å². The summed E-state index contributed by atoms with van der Waals surface area (Å²) in [5, 5.41) is 4.98. The van der Waals surface area contributed by atoms with Crippen LogP contribution in [0.4, 0.5) is 19.3 Å². The molecule has 2 rings (SSSR count). The van der Waals surface area contributed by atoms with Crippen LogP contribution in [0.1, 0.15) is 5.56 Å². The van der Waals surface area contributed by atoms with Gasteiger partial charge in [0.2, 0.25) is 0 Å². The molecule has 5 nitrogen and oxygen atoms in total. The molecular weight excluding hydrogens is 342 g/mol. The molecule has 0 spiro atoms. The monoisotopic (exact) mass is 360 g/mol. The van der Waals surface area contributed by atoms with Crippen LogP contribution in [0.2, 0.25) is 0 Å². The normalized spacial score (nSPS) is 9.92. The fraction of sp³-hybridized carbons (Fsp3) is 0.211. The summed E-state index contributed by atoms with van der Waals surface area (Å²) in [6.45, 7) is 0.547. The van der Waals surface area contributed by atoms with Gasteiger partial charge in [0, 0.05) is 24.4 Å². The van der Waals surface area contributed by atoms with Gasteiger partial charge in [-0.25, -0.2) is 13.6 Å². The van der Waals surface area contributed by atoms with Crippen LogP contribution in [-0.4, -0.2) is 26.3 Å². The summed E-state index contributed by atoms with van der Waals surface area (Å²) in [4.78, 5) is 11.8. The van der Waals surface area contributed by atoms with Gasteiger partial charge in [-0.05, 0) is 24.1 Å². The fourth-order valence-electron chi connectivity index (χ4n) is 2.20. The number of halogens is 2. The number of carbonyl (C=O) groups excluding carboxylic acids is 1. The van der Waals surface area contributed by atoms with Crippen molar-refractivity contribution in [2.24, 2.45) is 0 Å². The number of anilines is 1. The lowest BCUT2D eigenvalue weighted by Crippen LogP contribution is -2.30. The highest BCUT2D eigenvalue weighted by atomic mass is 19.1. The molecule has 0 radical (unpaired) electrons. The molecule has 0 heterocycles. The molecule has 2 aromatic carbocycles. The third-order valence-electron chi connectivity index (χ3n) is 3.41. The molecule has 0 aliphatic heterocycles. The maximum Gasteiger partial charge on any atom is 0.319 e. The number of terminal acetylenes is 1. The van der Waals surface area contributed by atoms with Crippen molar-refractivity contribution in [2.45, 2.75) is 6.42 Å². The average molecular weight is 360 g/mol. The molecule has 0 atom stereocenters. The topological polar surface area (TPSA) is 59.6 Å². The van der Waals surface area contributed by atoms with Gasteiger partial charge in [0.1, 0.15) is 12.4 Å². The van der Waals surface area contributed by atoms with Gasteiger partial charge in [-0.2, -0.15) is 0 Å². The third kappa shape index (κ3) is 5.38. The largest absolute Gasteiger partial charge is 0.491 e. The number of hydrogen-bond acceptors (Lipinski definition) is 3. The molecule has 0 aliphatic rings. The molecule has 26 heavy (non-hydrogen) atoms. The zero-order chi connectivity index (χ0) is 18.9. The first kappa shape index (κ1) is 19.1. The molecule has 0 bridgehead atoms. The maximum absolute atomic E-state index is 13.6. The smallest absolute Gasteiger partial charge is 0.319 e. The van der Waals surface area contributed by atoms with Gasteiger partial charge < -0.3 is 20.1 Å². The number of amides is 2. The summed E-state index contributed by atoms with van der Waals surface area (Å²) in [5.74, 6) is 0.766. The molecular formula is C19H18F2N2O3. The number of urea groups is 1. The molecule has 0 fully saturated rings. The number of benzene rings is 2. The van der Waals surface area contributed by atoms with Crippen LogP contribution in [0.3, 0.4) is 0 Å². The van der Waals surface area contributed by atoms with Crippen LogP contribution in [0.25, 0.3) is 0 Å². The van der Waals surface area contributed by atoms with E-state index in [9.17, 15) is 13.6 Å². The van der Waals surface area contributed by atoms with E-state index in [-0.39, 0.29) is 12.3 Å². The van der Waals surface area contributed by atoms with Crippen LogP contribution in [0.5, 0.6) is 11.5 Å². The molecule has 0 saturated carbocycles. The van der Waals surface area contributed by atoms with E-state index in [0.29, 0.717) is 18.7 Å². The molecule has 2 N–H and O–H groups in total. The summed E-state index contributed by atoms with van der Waals surface area (Å²) in [5.41, 5.74) is 0.980. The molecule has 136 valence electrons. The summed E-state index contributed by atoms with van der Waals surface area (Å²) in [6.07, 6.45) is 5.70. The Balaban J connectivity index is 1.81. The first-order valence-electron chi connectivity index (χ1n) is 7.76. The van der Waals surface area contributed by atoms with Gasteiger partial charge >= 0.3 is 6.03 Å². The Morgan fingerprint density at radius 2 is 1.85 bits per heavy atom. The first-order valence-corrected chi connectivity index (χ1v) is 7.76. The Kier molecular flexibility index (Phi) is 6.80.